The largest absolute Gasteiger partial charge is 0.487 e. The standard InChI is InChI=1S/C20H23FN2O5/c1-3-11-7-22(5-4-15(11)24)17-14(21)6-12-16-19(17)28-9-10(2)23(16)8-13(18(12)25)20(26)27/h6,8,10-11,15,24H,3-5,7,9H2,1-2H3,(H,26,27). The molecule has 0 aliphatic carbocycles. The molecule has 0 radical (unpaired) electrons. The quantitative estimate of drug-likeness (QED) is 0.836. The summed E-state index contributed by atoms with van der Waals surface area (Å²) in [7, 11) is 0. The normalized spacial score (nSPS) is 24.3. The Morgan fingerprint density at radius 1 is 1.43 bits per heavy atom. The maximum Gasteiger partial charge on any atom is 0.341 e. The molecule has 0 bridgehead atoms. The van der Waals surface area contributed by atoms with Crippen molar-refractivity contribution in [3.05, 3.63) is 33.9 Å². The van der Waals surface area contributed by atoms with Crippen LogP contribution in [0.4, 0.5) is 10.1 Å². The SMILES string of the molecule is CCC1CN(c2c(F)cc3c(=O)c(C(=O)O)cn4c3c2OCC4C)CCC1O. The zero-order valence-corrected chi connectivity index (χ0v) is 15.8. The molecule has 1 fully saturated rings. The average Bonchev–Trinajstić information content (AvgIpc) is 2.66. The number of carbonyl (C=O) groups is 1. The number of aliphatic hydroxyl groups is 1. The number of hydrogen-bond donors (Lipinski definition) is 2. The number of halogens is 1. The molecule has 28 heavy (non-hydrogen) atoms. The second kappa shape index (κ2) is 6.77. The molecule has 150 valence electrons. The number of aromatic nitrogens is 1. The van der Waals surface area contributed by atoms with Gasteiger partial charge < -0.3 is 24.4 Å². The summed E-state index contributed by atoms with van der Waals surface area (Å²) in [5, 5.41) is 19.5. The van der Waals surface area contributed by atoms with E-state index in [1.807, 2.05) is 18.7 Å². The number of anilines is 1. The van der Waals surface area contributed by atoms with Crippen LogP contribution >= 0.6 is 0 Å². The van der Waals surface area contributed by atoms with E-state index in [9.17, 15) is 19.8 Å². The molecule has 1 aromatic carbocycles. The van der Waals surface area contributed by atoms with Gasteiger partial charge in [-0.2, -0.15) is 0 Å². The topological polar surface area (TPSA) is 92.0 Å². The van der Waals surface area contributed by atoms with Gasteiger partial charge in [-0.15, -0.1) is 0 Å². The first-order valence-electron chi connectivity index (χ1n) is 9.53. The minimum Gasteiger partial charge on any atom is -0.487 e. The Hall–Kier alpha value is -2.61. The third-order valence-electron chi connectivity index (χ3n) is 5.91. The van der Waals surface area contributed by atoms with E-state index < -0.39 is 23.3 Å². The average molecular weight is 390 g/mol. The highest BCUT2D eigenvalue weighted by atomic mass is 19.1. The van der Waals surface area contributed by atoms with Crippen molar-refractivity contribution in [3.63, 3.8) is 0 Å². The highest BCUT2D eigenvalue weighted by molar-refractivity contribution is 5.97. The number of nitrogens with zero attached hydrogens (tertiary/aromatic N) is 2. The van der Waals surface area contributed by atoms with Crippen molar-refractivity contribution in [1.82, 2.24) is 4.57 Å². The van der Waals surface area contributed by atoms with E-state index in [0.29, 0.717) is 25.0 Å². The first kappa shape index (κ1) is 18.7. The number of aliphatic hydroxyl groups excluding tert-OH is 1. The number of carboxylic acids is 1. The van der Waals surface area contributed by atoms with Crippen LogP contribution in [-0.2, 0) is 0 Å². The van der Waals surface area contributed by atoms with Crippen molar-refractivity contribution in [2.75, 3.05) is 24.6 Å². The van der Waals surface area contributed by atoms with Crippen LogP contribution in [-0.4, -0.2) is 46.5 Å². The van der Waals surface area contributed by atoms with Crippen molar-refractivity contribution in [2.24, 2.45) is 5.92 Å². The molecule has 8 heteroatoms. The Balaban J connectivity index is 1.96. The van der Waals surface area contributed by atoms with Crippen LogP contribution in [0.15, 0.2) is 17.1 Å². The zero-order chi connectivity index (χ0) is 20.2. The molecule has 3 heterocycles. The number of ether oxygens (including phenoxy) is 1. The minimum absolute atomic E-state index is 0.00628. The maximum atomic E-state index is 15.2. The third kappa shape index (κ3) is 2.74. The van der Waals surface area contributed by atoms with E-state index in [2.05, 4.69) is 0 Å². The van der Waals surface area contributed by atoms with Crippen LogP contribution in [0, 0.1) is 11.7 Å². The Morgan fingerprint density at radius 3 is 2.86 bits per heavy atom. The van der Waals surface area contributed by atoms with E-state index in [1.165, 1.54) is 6.20 Å². The van der Waals surface area contributed by atoms with Gasteiger partial charge in [-0.1, -0.05) is 6.92 Å². The molecule has 2 aliphatic rings. The molecule has 2 aliphatic heterocycles. The summed E-state index contributed by atoms with van der Waals surface area (Å²) in [6.07, 6.45) is 2.20. The summed E-state index contributed by atoms with van der Waals surface area (Å²) in [6.45, 7) is 5.05. The Kier molecular flexibility index (Phi) is 4.53. The molecule has 0 spiro atoms. The lowest BCUT2D eigenvalue weighted by Crippen LogP contribution is -2.43. The fourth-order valence-corrected chi connectivity index (χ4v) is 4.28. The molecular formula is C20H23FN2O5. The summed E-state index contributed by atoms with van der Waals surface area (Å²) >= 11 is 0. The summed E-state index contributed by atoms with van der Waals surface area (Å²) in [5.74, 6) is -1.66. The van der Waals surface area contributed by atoms with Crippen LogP contribution in [0.5, 0.6) is 5.75 Å². The molecule has 3 atom stereocenters. The van der Waals surface area contributed by atoms with E-state index in [0.717, 1.165) is 12.5 Å². The number of hydrogen-bond acceptors (Lipinski definition) is 5. The molecule has 4 rings (SSSR count). The van der Waals surface area contributed by atoms with Gasteiger partial charge in [0.25, 0.3) is 0 Å². The first-order chi connectivity index (χ1) is 13.3. The number of rotatable bonds is 3. The predicted octanol–water partition coefficient (Wildman–Crippen LogP) is 2.39. The summed E-state index contributed by atoms with van der Waals surface area (Å²) in [6, 6.07) is 0.922. The summed E-state index contributed by atoms with van der Waals surface area (Å²) in [5.41, 5.74) is -0.402. The van der Waals surface area contributed by atoms with E-state index >= 15 is 4.39 Å². The zero-order valence-electron chi connectivity index (χ0n) is 15.8. The lowest BCUT2D eigenvalue weighted by Gasteiger charge is -2.39. The predicted molar refractivity (Wildman–Crippen MR) is 102 cm³/mol. The van der Waals surface area contributed by atoms with Crippen molar-refractivity contribution in [2.45, 2.75) is 38.8 Å². The molecule has 2 aromatic rings. The van der Waals surface area contributed by atoms with Gasteiger partial charge in [0.2, 0.25) is 5.43 Å². The number of pyridine rings is 1. The number of carboxylic acid groups (broad SMARTS) is 1. The van der Waals surface area contributed by atoms with Crippen molar-refractivity contribution in [3.8, 4) is 5.75 Å². The molecule has 0 saturated carbocycles. The van der Waals surface area contributed by atoms with E-state index in [1.54, 1.807) is 4.57 Å². The maximum absolute atomic E-state index is 15.2. The van der Waals surface area contributed by atoms with Crippen LogP contribution in [0.1, 0.15) is 43.1 Å². The van der Waals surface area contributed by atoms with Crippen molar-refractivity contribution < 1.29 is 24.1 Å². The highest BCUT2D eigenvalue weighted by Crippen LogP contribution is 2.43. The van der Waals surface area contributed by atoms with Gasteiger partial charge in [0, 0.05) is 25.2 Å². The second-order valence-corrected chi connectivity index (χ2v) is 7.65. The van der Waals surface area contributed by atoms with Gasteiger partial charge in [0.05, 0.1) is 23.0 Å². The second-order valence-electron chi connectivity index (χ2n) is 7.65. The van der Waals surface area contributed by atoms with Gasteiger partial charge in [-0.05, 0) is 25.8 Å². The van der Waals surface area contributed by atoms with Crippen molar-refractivity contribution >= 4 is 22.6 Å². The third-order valence-corrected chi connectivity index (χ3v) is 5.91. The number of benzene rings is 1. The fraction of sp³-hybridized carbons (Fsp3) is 0.500. The molecule has 1 saturated heterocycles. The van der Waals surface area contributed by atoms with Crippen LogP contribution < -0.4 is 15.1 Å². The lowest BCUT2D eigenvalue weighted by molar-refractivity contribution is 0.0694. The number of piperidine rings is 1. The van der Waals surface area contributed by atoms with E-state index in [-0.39, 0.29) is 41.0 Å². The van der Waals surface area contributed by atoms with Gasteiger partial charge in [-0.25, -0.2) is 9.18 Å². The fourth-order valence-electron chi connectivity index (χ4n) is 4.28. The summed E-state index contributed by atoms with van der Waals surface area (Å²) in [4.78, 5) is 26.0. The molecule has 3 unspecified atom stereocenters. The van der Waals surface area contributed by atoms with Gasteiger partial charge >= 0.3 is 5.97 Å². The molecule has 0 amide bonds. The van der Waals surface area contributed by atoms with Crippen LogP contribution in [0.3, 0.4) is 0 Å². The van der Waals surface area contributed by atoms with Gasteiger partial charge in [0.1, 0.15) is 17.9 Å². The van der Waals surface area contributed by atoms with Gasteiger partial charge in [-0.3, -0.25) is 4.79 Å². The first-order valence-corrected chi connectivity index (χ1v) is 9.53. The minimum atomic E-state index is -1.34. The summed E-state index contributed by atoms with van der Waals surface area (Å²) < 4.78 is 22.7. The Morgan fingerprint density at radius 2 is 2.18 bits per heavy atom. The van der Waals surface area contributed by atoms with Gasteiger partial charge in [0.15, 0.2) is 11.6 Å². The Labute approximate surface area is 160 Å². The van der Waals surface area contributed by atoms with Crippen LogP contribution in [0.25, 0.3) is 10.9 Å². The monoisotopic (exact) mass is 390 g/mol. The molecule has 2 N–H and O–H groups in total. The van der Waals surface area contributed by atoms with Crippen molar-refractivity contribution in [1.29, 1.82) is 0 Å². The molecule has 1 aromatic heterocycles. The molecular weight excluding hydrogens is 367 g/mol. The van der Waals surface area contributed by atoms with Crippen LogP contribution in [0.2, 0.25) is 0 Å². The van der Waals surface area contributed by atoms with E-state index in [4.69, 9.17) is 4.74 Å². The molecule has 7 nitrogen and oxygen atoms in total. The smallest absolute Gasteiger partial charge is 0.341 e. The lowest BCUT2D eigenvalue weighted by atomic mass is 9.92. The highest BCUT2D eigenvalue weighted by Gasteiger charge is 2.33. The number of aromatic carboxylic acids is 1. The Bertz CT molecular complexity index is 1020.